The Balaban J connectivity index is 1.64. The molecule has 0 aliphatic carbocycles. The summed E-state index contributed by atoms with van der Waals surface area (Å²) in [4.78, 5) is 24.8. The van der Waals surface area contributed by atoms with Crippen LogP contribution in [0.4, 0.5) is 16.3 Å². The molecule has 26 heavy (non-hydrogen) atoms. The summed E-state index contributed by atoms with van der Waals surface area (Å²) in [5.41, 5.74) is 0.509. The maximum Gasteiger partial charge on any atom is 0.322 e. The number of halogens is 1. The summed E-state index contributed by atoms with van der Waals surface area (Å²) in [6.07, 6.45) is 5.02. The normalized spacial score (nSPS) is 14.1. The first kappa shape index (κ1) is 18.1. The number of amides is 2. The molecule has 1 aromatic carbocycles. The van der Waals surface area contributed by atoms with E-state index >= 15 is 0 Å². The zero-order valence-electron chi connectivity index (χ0n) is 14.6. The van der Waals surface area contributed by atoms with Crippen molar-refractivity contribution in [1.82, 2.24) is 14.9 Å². The largest absolute Gasteiger partial charge is 0.495 e. The van der Waals surface area contributed by atoms with Crippen LogP contribution in [0.15, 0.2) is 30.7 Å². The maximum atomic E-state index is 12.6. The van der Waals surface area contributed by atoms with Crippen LogP contribution >= 0.6 is 11.6 Å². The fourth-order valence-corrected chi connectivity index (χ4v) is 2.98. The standard InChI is InChI=1S/C17H20ClN5O3/c1-25-14-10-13(15(26-2)9-12(14)18)21-17(24)23-7-5-22(6-8-23)16-11-19-3-4-20-16/h3-4,9-11H,5-8H2,1-2H3,(H,21,24). The molecule has 2 amide bonds. The van der Waals surface area contributed by atoms with Crippen LogP contribution in [0.1, 0.15) is 0 Å². The van der Waals surface area contributed by atoms with Gasteiger partial charge in [0.1, 0.15) is 17.3 Å². The molecule has 0 bridgehead atoms. The number of hydrogen-bond acceptors (Lipinski definition) is 6. The van der Waals surface area contributed by atoms with Crippen molar-refractivity contribution in [2.45, 2.75) is 0 Å². The number of benzene rings is 1. The van der Waals surface area contributed by atoms with Crippen molar-refractivity contribution in [3.63, 3.8) is 0 Å². The lowest BCUT2D eigenvalue weighted by atomic mass is 10.2. The Labute approximate surface area is 156 Å². The summed E-state index contributed by atoms with van der Waals surface area (Å²) in [5, 5.41) is 3.28. The topological polar surface area (TPSA) is 79.8 Å². The zero-order chi connectivity index (χ0) is 18.5. The van der Waals surface area contributed by atoms with Gasteiger partial charge in [0, 0.05) is 50.7 Å². The highest BCUT2D eigenvalue weighted by atomic mass is 35.5. The third-order valence-electron chi connectivity index (χ3n) is 4.16. The molecule has 1 aliphatic heterocycles. The molecule has 1 aliphatic rings. The molecule has 0 spiro atoms. The minimum Gasteiger partial charge on any atom is -0.495 e. The number of ether oxygens (including phenoxy) is 2. The van der Waals surface area contributed by atoms with E-state index in [4.69, 9.17) is 21.1 Å². The van der Waals surface area contributed by atoms with Gasteiger partial charge in [-0.25, -0.2) is 9.78 Å². The van der Waals surface area contributed by atoms with E-state index in [9.17, 15) is 4.79 Å². The smallest absolute Gasteiger partial charge is 0.322 e. The lowest BCUT2D eigenvalue weighted by Gasteiger charge is -2.35. The average Bonchev–Trinajstić information content (AvgIpc) is 2.69. The SMILES string of the molecule is COc1cc(NC(=O)N2CCN(c3cnccn3)CC2)c(OC)cc1Cl. The number of carbonyl (C=O) groups is 1. The van der Waals surface area contributed by atoms with Crippen LogP contribution in [0, 0.1) is 0 Å². The minimum absolute atomic E-state index is 0.202. The predicted octanol–water partition coefficient (Wildman–Crippen LogP) is 2.50. The van der Waals surface area contributed by atoms with Crippen molar-refractivity contribution in [2.75, 3.05) is 50.6 Å². The van der Waals surface area contributed by atoms with Crippen LogP contribution in [0.5, 0.6) is 11.5 Å². The van der Waals surface area contributed by atoms with Gasteiger partial charge >= 0.3 is 6.03 Å². The number of hydrogen-bond donors (Lipinski definition) is 1. The number of aromatic nitrogens is 2. The predicted molar refractivity (Wildman–Crippen MR) is 99.4 cm³/mol. The molecule has 0 unspecified atom stereocenters. The number of carbonyl (C=O) groups excluding carboxylic acids is 1. The number of piperazine rings is 1. The Hall–Kier alpha value is -2.74. The molecule has 8 nitrogen and oxygen atoms in total. The van der Waals surface area contributed by atoms with Crippen LogP contribution in [0.2, 0.25) is 5.02 Å². The number of methoxy groups -OCH3 is 2. The zero-order valence-corrected chi connectivity index (χ0v) is 15.4. The molecular formula is C17H20ClN5O3. The van der Waals surface area contributed by atoms with E-state index in [1.807, 2.05) is 0 Å². The number of rotatable bonds is 4. The Morgan fingerprint density at radius 3 is 2.46 bits per heavy atom. The van der Waals surface area contributed by atoms with Crippen molar-refractivity contribution in [3.05, 3.63) is 35.7 Å². The molecule has 1 fully saturated rings. The number of anilines is 2. The molecule has 1 aromatic heterocycles. The molecule has 1 N–H and O–H groups in total. The first-order chi connectivity index (χ1) is 12.6. The maximum absolute atomic E-state index is 12.6. The molecule has 2 heterocycles. The average molecular weight is 378 g/mol. The van der Waals surface area contributed by atoms with Crippen LogP contribution in [-0.2, 0) is 0 Å². The summed E-state index contributed by atoms with van der Waals surface area (Å²) in [6, 6.07) is 3.06. The van der Waals surface area contributed by atoms with Crippen LogP contribution in [0.25, 0.3) is 0 Å². The third-order valence-corrected chi connectivity index (χ3v) is 4.45. The van der Waals surface area contributed by atoms with Gasteiger partial charge in [-0.05, 0) is 0 Å². The number of urea groups is 1. The Morgan fingerprint density at radius 2 is 1.85 bits per heavy atom. The Bertz CT molecular complexity index is 766. The lowest BCUT2D eigenvalue weighted by molar-refractivity contribution is 0.208. The van der Waals surface area contributed by atoms with Gasteiger partial charge in [0.05, 0.1) is 31.1 Å². The van der Waals surface area contributed by atoms with Gasteiger partial charge in [0.15, 0.2) is 0 Å². The molecule has 9 heteroatoms. The molecule has 3 rings (SSSR count). The fraction of sp³-hybridized carbons (Fsp3) is 0.353. The molecule has 0 saturated carbocycles. The first-order valence-electron chi connectivity index (χ1n) is 8.10. The summed E-state index contributed by atoms with van der Waals surface area (Å²) < 4.78 is 10.5. The molecule has 138 valence electrons. The monoisotopic (exact) mass is 377 g/mol. The molecule has 1 saturated heterocycles. The molecule has 2 aromatic rings. The van der Waals surface area contributed by atoms with Gasteiger partial charge in [-0.1, -0.05) is 11.6 Å². The van der Waals surface area contributed by atoms with E-state index in [1.165, 1.54) is 14.2 Å². The Morgan fingerprint density at radius 1 is 1.12 bits per heavy atom. The second kappa shape index (κ2) is 8.09. The summed E-state index contributed by atoms with van der Waals surface area (Å²) in [5.74, 6) is 1.76. The van der Waals surface area contributed by atoms with Crippen molar-refractivity contribution in [2.24, 2.45) is 0 Å². The highest BCUT2D eigenvalue weighted by Crippen LogP contribution is 2.36. The van der Waals surface area contributed by atoms with Crippen molar-refractivity contribution >= 4 is 29.1 Å². The van der Waals surface area contributed by atoms with Gasteiger partial charge in [0.25, 0.3) is 0 Å². The van der Waals surface area contributed by atoms with Crippen LogP contribution in [0.3, 0.4) is 0 Å². The van der Waals surface area contributed by atoms with E-state index in [2.05, 4.69) is 20.2 Å². The second-order valence-corrected chi connectivity index (χ2v) is 6.06. The second-order valence-electron chi connectivity index (χ2n) is 5.65. The van der Waals surface area contributed by atoms with Gasteiger partial charge in [0.2, 0.25) is 0 Å². The van der Waals surface area contributed by atoms with E-state index in [0.29, 0.717) is 48.4 Å². The minimum atomic E-state index is -0.202. The molecular weight excluding hydrogens is 358 g/mol. The molecule has 0 radical (unpaired) electrons. The Kier molecular flexibility index (Phi) is 5.62. The third kappa shape index (κ3) is 3.91. The van der Waals surface area contributed by atoms with Crippen LogP contribution < -0.4 is 19.7 Å². The lowest BCUT2D eigenvalue weighted by Crippen LogP contribution is -2.50. The number of nitrogens with zero attached hydrogens (tertiary/aromatic N) is 4. The summed E-state index contributed by atoms with van der Waals surface area (Å²) in [6.45, 7) is 2.53. The van der Waals surface area contributed by atoms with E-state index in [0.717, 1.165) is 5.82 Å². The summed E-state index contributed by atoms with van der Waals surface area (Å²) in [7, 11) is 3.04. The summed E-state index contributed by atoms with van der Waals surface area (Å²) >= 11 is 6.10. The van der Waals surface area contributed by atoms with Gasteiger partial charge in [-0.2, -0.15) is 0 Å². The van der Waals surface area contributed by atoms with Crippen molar-refractivity contribution in [3.8, 4) is 11.5 Å². The van der Waals surface area contributed by atoms with Gasteiger partial charge < -0.3 is 24.6 Å². The number of nitrogens with one attached hydrogen (secondary N) is 1. The van der Waals surface area contributed by atoms with Gasteiger partial charge in [-0.15, -0.1) is 0 Å². The highest BCUT2D eigenvalue weighted by Gasteiger charge is 2.23. The van der Waals surface area contributed by atoms with Crippen molar-refractivity contribution < 1.29 is 14.3 Å². The highest BCUT2D eigenvalue weighted by molar-refractivity contribution is 6.32. The quantitative estimate of drug-likeness (QED) is 0.881. The van der Waals surface area contributed by atoms with Gasteiger partial charge in [-0.3, -0.25) is 4.98 Å². The fourth-order valence-electron chi connectivity index (χ4n) is 2.75. The van der Waals surface area contributed by atoms with E-state index in [-0.39, 0.29) is 6.03 Å². The molecule has 0 atom stereocenters. The van der Waals surface area contributed by atoms with Crippen molar-refractivity contribution in [1.29, 1.82) is 0 Å². The van der Waals surface area contributed by atoms with Crippen LogP contribution in [-0.4, -0.2) is 61.3 Å². The van der Waals surface area contributed by atoms with E-state index < -0.39 is 0 Å². The van der Waals surface area contributed by atoms with E-state index in [1.54, 1.807) is 35.6 Å². The first-order valence-corrected chi connectivity index (χ1v) is 8.48.